The highest BCUT2D eigenvalue weighted by Crippen LogP contribution is 2.54. The fourth-order valence-electron chi connectivity index (χ4n) is 6.88. The highest BCUT2D eigenvalue weighted by molar-refractivity contribution is 6.23. The summed E-state index contributed by atoms with van der Waals surface area (Å²) in [6.07, 6.45) is 1.04. The van der Waals surface area contributed by atoms with Gasteiger partial charge in [0, 0.05) is 47.8 Å². The van der Waals surface area contributed by atoms with Gasteiger partial charge in [-0.3, -0.25) is 24.3 Å². The van der Waals surface area contributed by atoms with Crippen molar-refractivity contribution in [2.24, 2.45) is 11.7 Å². The Morgan fingerprint density at radius 3 is 2.82 bits per heavy atom. The number of carbonyl (C=O) groups excluding carboxylic acids is 2. The predicted molar refractivity (Wildman–Crippen MR) is 95.5 cm³/mol. The first kappa shape index (κ1) is 17.3. The van der Waals surface area contributed by atoms with Gasteiger partial charge in [-0.25, -0.2) is 0 Å². The van der Waals surface area contributed by atoms with Gasteiger partial charge in [0.15, 0.2) is 5.78 Å². The lowest BCUT2D eigenvalue weighted by Gasteiger charge is -2.61. The Labute approximate surface area is 162 Å². The molecule has 9 heteroatoms. The molecule has 150 valence electrons. The highest BCUT2D eigenvalue weighted by Gasteiger charge is 2.68. The van der Waals surface area contributed by atoms with E-state index >= 15 is 0 Å². The van der Waals surface area contributed by atoms with Crippen molar-refractivity contribution in [2.75, 3.05) is 26.8 Å². The number of allylic oxidation sites excluding steroid dienone is 2. The van der Waals surface area contributed by atoms with E-state index in [1.807, 2.05) is 11.9 Å². The summed E-state index contributed by atoms with van der Waals surface area (Å²) in [6, 6.07) is -1.29. The Morgan fingerprint density at radius 2 is 2.07 bits per heavy atom. The van der Waals surface area contributed by atoms with Crippen molar-refractivity contribution in [3.63, 3.8) is 0 Å². The van der Waals surface area contributed by atoms with Crippen LogP contribution in [-0.2, 0) is 14.3 Å². The molecule has 5 heterocycles. The maximum Gasteiger partial charge on any atom is 0.206 e. The number of rotatable bonds is 1. The summed E-state index contributed by atoms with van der Waals surface area (Å²) in [7, 11) is 2.02. The second-order valence-corrected chi connectivity index (χ2v) is 8.74. The fraction of sp³-hybridized carbons (Fsp3) is 0.684. The van der Waals surface area contributed by atoms with E-state index in [1.165, 1.54) is 6.08 Å². The molecule has 6 rings (SSSR count). The Bertz CT molecular complexity index is 855. The molecule has 0 spiro atoms. The van der Waals surface area contributed by atoms with E-state index in [-0.39, 0.29) is 60.0 Å². The quantitative estimate of drug-likeness (QED) is 0.415. The van der Waals surface area contributed by atoms with Crippen LogP contribution >= 0.6 is 0 Å². The molecule has 4 N–H and O–H groups in total. The molecule has 2 bridgehead atoms. The van der Waals surface area contributed by atoms with Gasteiger partial charge >= 0.3 is 0 Å². The number of ketones is 2. The van der Waals surface area contributed by atoms with Crippen LogP contribution in [-0.4, -0.2) is 106 Å². The van der Waals surface area contributed by atoms with E-state index < -0.39 is 18.1 Å². The van der Waals surface area contributed by atoms with Gasteiger partial charge in [0.1, 0.15) is 12.5 Å². The monoisotopic (exact) mass is 388 g/mol. The van der Waals surface area contributed by atoms with E-state index in [9.17, 15) is 19.8 Å². The van der Waals surface area contributed by atoms with Crippen molar-refractivity contribution >= 4 is 11.6 Å². The molecule has 1 aliphatic carbocycles. The summed E-state index contributed by atoms with van der Waals surface area (Å²) in [5.74, 6) is -0.462. The van der Waals surface area contributed by atoms with Gasteiger partial charge in [-0.1, -0.05) is 0 Å². The number of hydrogen-bond donors (Lipinski definition) is 3. The summed E-state index contributed by atoms with van der Waals surface area (Å²) in [5, 5.41) is 21.5. The first-order chi connectivity index (χ1) is 13.5. The van der Waals surface area contributed by atoms with Crippen LogP contribution in [0.15, 0.2) is 22.9 Å². The Hall–Kier alpha value is -1.62. The van der Waals surface area contributed by atoms with Gasteiger partial charge in [0.05, 0.1) is 31.0 Å². The molecule has 0 aromatic rings. The van der Waals surface area contributed by atoms with Crippen LogP contribution in [0.1, 0.15) is 6.42 Å². The van der Waals surface area contributed by atoms with E-state index in [2.05, 4.69) is 9.80 Å². The van der Waals surface area contributed by atoms with Crippen molar-refractivity contribution < 1.29 is 24.5 Å². The molecular formula is C19H24N4O5. The average molecular weight is 388 g/mol. The van der Waals surface area contributed by atoms with Crippen LogP contribution < -0.4 is 5.73 Å². The summed E-state index contributed by atoms with van der Waals surface area (Å²) in [4.78, 5) is 32.3. The number of aliphatic hydroxyl groups excluding tert-OH is 2. The molecule has 0 amide bonds. The molecule has 8 atom stereocenters. The highest BCUT2D eigenvalue weighted by atomic mass is 16.5. The Kier molecular flexibility index (Phi) is 3.39. The van der Waals surface area contributed by atoms with Gasteiger partial charge in [0.25, 0.3) is 0 Å². The maximum absolute atomic E-state index is 13.1. The molecule has 9 nitrogen and oxygen atoms in total. The number of piperidine rings is 1. The number of likely N-dealkylation sites (N-methyl/N-ethyl adjacent to an activating group) is 1. The SMILES string of the molecule is CN1[C@H]2[C@H]3C[C@@H]1[C@@H](O)N1[C@@H]2[C@H](C2=C(C(=O)C(N)=CC2=O)[C@H]1CO)N1CCO[C@@H]31. The van der Waals surface area contributed by atoms with E-state index in [0.29, 0.717) is 18.7 Å². The molecule has 28 heavy (non-hydrogen) atoms. The molecule has 0 aromatic carbocycles. The molecular weight excluding hydrogens is 364 g/mol. The third-order valence-electron chi connectivity index (χ3n) is 7.81. The zero-order valence-corrected chi connectivity index (χ0v) is 15.6. The first-order valence-electron chi connectivity index (χ1n) is 9.91. The molecule has 5 aliphatic heterocycles. The van der Waals surface area contributed by atoms with E-state index in [0.717, 1.165) is 6.42 Å². The molecule has 0 aromatic heterocycles. The van der Waals surface area contributed by atoms with Crippen molar-refractivity contribution in [2.45, 2.75) is 49.1 Å². The van der Waals surface area contributed by atoms with Crippen molar-refractivity contribution in [3.8, 4) is 0 Å². The zero-order chi connectivity index (χ0) is 19.5. The predicted octanol–water partition coefficient (Wildman–Crippen LogP) is -2.62. The van der Waals surface area contributed by atoms with Crippen LogP contribution in [0.25, 0.3) is 0 Å². The topological polar surface area (TPSA) is 120 Å². The number of ether oxygens (including phenoxy) is 1. The number of nitrogens with two attached hydrogens (primary N) is 1. The normalized spacial score (nSPS) is 48.0. The minimum Gasteiger partial charge on any atom is -0.395 e. The van der Waals surface area contributed by atoms with Crippen LogP contribution in [0.2, 0.25) is 0 Å². The molecule has 4 saturated heterocycles. The third kappa shape index (κ3) is 1.79. The summed E-state index contributed by atoms with van der Waals surface area (Å²) >= 11 is 0. The second-order valence-electron chi connectivity index (χ2n) is 8.74. The molecule has 0 unspecified atom stereocenters. The number of hydrogen-bond acceptors (Lipinski definition) is 9. The molecule has 6 aliphatic rings. The zero-order valence-electron chi connectivity index (χ0n) is 15.6. The van der Waals surface area contributed by atoms with Crippen LogP contribution in [0, 0.1) is 5.92 Å². The fourth-order valence-corrected chi connectivity index (χ4v) is 6.88. The number of nitrogens with zero attached hydrogens (tertiary/aromatic N) is 3. The van der Waals surface area contributed by atoms with Crippen LogP contribution in [0.4, 0.5) is 0 Å². The third-order valence-corrected chi connectivity index (χ3v) is 7.81. The van der Waals surface area contributed by atoms with Gasteiger partial charge in [0.2, 0.25) is 5.78 Å². The number of piperazine rings is 1. The lowest BCUT2D eigenvalue weighted by molar-refractivity contribution is -0.186. The lowest BCUT2D eigenvalue weighted by Crippen LogP contribution is -2.78. The first-order valence-corrected chi connectivity index (χ1v) is 9.91. The lowest BCUT2D eigenvalue weighted by atomic mass is 9.70. The average Bonchev–Trinajstić information content (AvgIpc) is 3.25. The van der Waals surface area contributed by atoms with Gasteiger partial charge < -0.3 is 20.7 Å². The standard InChI is InChI=1S/C19H24N4O5/c1-21-9-4-7-14(21)16-15(22-2-3-28-19(7)22)13-11(25)5-8(20)17(26)12(13)10(6-24)23(16)18(9)27/h5,7,9-10,14-16,18-19,24,27H,2-4,6,20H2,1H3/t7-,9-,10-,14+,15+,16+,18-,19+/m1/s1. The van der Waals surface area contributed by atoms with E-state index in [1.54, 1.807) is 0 Å². The number of carbonyl (C=O) groups is 2. The van der Waals surface area contributed by atoms with Crippen molar-refractivity contribution in [1.29, 1.82) is 0 Å². The summed E-state index contributed by atoms with van der Waals surface area (Å²) < 4.78 is 6.08. The van der Waals surface area contributed by atoms with Crippen LogP contribution in [0.3, 0.4) is 0 Å². The molecule has 0 radical (unpaired) electrons. The summed E-state index contributed by atoms with van der Waals surface area (Å²) in [5.41, 5.74) is 6.41. The van der Waals surface area contributed by atoms with Crippen molar-refractivity contribution in [3.05, 3.63) is 22.9 Å². The minimum atomic E-state index is -0.833. The number of aliphatic hydroxyl groups is 2. The van der Waals surface area contributed by atoms with Crippen LogP contribution in [0.5, 0.6) is 0 Å². The Morgan fingerprint density at radius 1 is 1.29 bits per heavy atom. The maximum atomic E-state index is 13.1. The number of fused-ring (bicyclic) bond motifs is 5. The van der Waals surface area contributed by atoms with Gasteiger partial charge in [-0.05, 0) is 13.5 Å². The number of Topliss-reactive ketones (excluding diaryl/α,β-unsaturated/α-hetero) is 1. The second kappa shape index (κ2) is 5.50. The van der Waals surface area contributed by atoms with Crippen molar-refractivity contribution in [1.82, 2.24) is 14.7 Å². The summed E-state index contributed by atoms with van der Waals surface area (Å²) in [6.45, 7) is 0.911. The van der Waals surface area contributed by atoms with Gasteiger partial charge in [-0.2, -0.15) is 0 Å². The largest absolute Gasteiger partial charge is 0.395 e. The molecule has 4 fully saturated rings. The molecule has 0 saturated carbocycles. The van der Waals surface area contributed by atoms with Gasteiger partial charge in [-0.15, -0.1) is 0 Å². The van der Waals surface area contributed by atoms with E-state index in [4.69, 9.17) is 10.5 Å². The Balaban J connectivity index is 1.62. The smallest absolute Gasteiger partial charge is 0.206 e. The minimum absolute atomic E-state index is 0.0898.